The first kappa shape index (κ1) is 28.3. The van der Waals surface area contributed by atoms with Crippen molar-refractivity contribution in [1.29, 1.82) is 0 Å². The Kier molecular flexibility index (Phi) is 8.29. The van der Waals surface area contributed by atoms with Crippen LogP contribution in [-0.2, 0) is 17.8 Å². The average Bonchev–Trinajstić information content (AvgIpc) is 2.91. The van der Waals surface area contributed by atoms with E-state index in [0.29, 0.717) is 37.1 Å². The second kappa shape index (κ2) is 11.7. The number of aromatic nitrogens is 1. The highest BCUT2D eigenvalue weighted by atomic mass is 35.5. The van der Waals surface area contributed by atoms with E-state index in [1.807, 2.05) is 73.6 Å². The number of carbonyl (C=O) groups is 1. The molecule has 0 radical (unpaired) electrons. The number of piperidine rings is 1. The number of hydrogen-bond donors (Lipinski definition) is 0. The third-order valence-electron chi connectivity index (χ3n) is 7.51. The first-order chi connectivity index (χ1) is 19.1. The highest BCUT2D eigenvalue weighted by Gasteiger charge is 2.31. The van der Waals surface area contributed by atoms with Crippen molar-refractivity contribution in [3.63, 3.8) is 0 Å². The molecule has 214 valence electrons. The van der Waals surface area contributed by atoms with E-state index in [0.717, 1.165) is 60.3 Å². The molecule has 0 N–H and O–H groups in total. The summed E-state index contributed by atoms with van der Waals surface area (Å²) in [6, 6.07) is 13.3. The van der Waals surface area contributed by atoms with Gasteiger partial charge in [-0.05, 0) is 75.9 Å². The zero-order valence-corrected chi connectivity index (χ0v) is 24.5. The molecule has 3 heterocycles. The van der Waals surface area contributed by atoms with E-state index in [4.69, 9.17) is 25.8 Å². The van der Waals surface area contributed by atoms with Gasteiger partial charge in [-0.3, -0.25) is 4.79 Å². The topological polar surface area (TPSA) is 73.2 Å². The van der Waals surface area contributed by atoms with Gasteiger partial charge in [0.25, 0.3) is 5.56 Å². The Morgan fingerprint density at radius 2 is 1.75 bits per heavy atom. The summed E-state index contributed by atoms with van der Waals surface area (Å²) in [6.45, 7) is 12.1. The molecule has 0 aliphatic carbocycles. The van der Waals surface area contributed by atoms with Crippen LogP contribution in [0.4, 0.5) is 4.79 Å². The van der Waals surface area contributed by atoms with Gasteiger partial charge in [0, 0.05) is 55.2 Å². The number of halogens is 1. The summed E-state index contributed by atoms with van der Waals surface area (Å²) in [5, 5.41) is 1.65. The van der Waals surface area contributed by atoms with Crippen molar-refractivity contribution in [2.45, 2.75) is 65.3 Å². The molecule has 3 aromatic rings. The normalized spacial score (nSPS) is 16.2. The van der Waals surface area contributed by atoms with Gasteiger partial charge in [-0.15, -0.1) is 0 Å². The Labute approximate surface area is 240 Å². The molecule has 1 amide bonds. The summed E-state index contributed by atoms with van der Waals surface area (Å²) in [4.78, 5) is 30.4. The van der Waals surface area contributed by atoms with E-state index in [1.165, 1.54) is 0 Å². The van der Waals surface area contributed by atoms with Crippen molar-refractivity contribution in [3.8, 4) is 11.5 Å². The summed E-state index contributed by atoms with van der Waals surface area (Å²) in [5.74, 6) is 1.44. The molecular formula is C31H38ClN3O5. The highest BCUT2D eigenvalue weighted by Crippen LogP contribution is 2.32. The molecule has 1 saturated heterocycles. The largest absolute Gasteiger partial charge is 0.486 e. The van der Waals surface area contributed by atoms with Crippen LogP contribution in [0.25, 0.3) is 10.9 Å². The summed E-state index contributed by atoms with van der Waals surface area (Å²) in [7, 11) is 0. The van der Waals surface area contributed by atoms with Crippen LogP contribution in [0.15, 0.2) is 47.3 Å². The fourth-order valence-corrected chi connectivity index (χ4v) is 5.66. The molecule has 2 aliphatic rings. The number of amides is 1. The lowest BCUT2D eigenvalue weighted by Gasteiger charge is -2.39. The van der Waals surface area contributed by atoms with Crippen molar-refractivity contribution in [1.82, 2.24) is 14.4 Å². The van der Waals surface area contributed by atoms with E-state index in [2.05, 4.69) is 4.90 Å². The van der Waals surface area contributed by atoms with E-state index in [1.54, 1.807) is 6.07 Å². The van der Waals surface area contributed by atoms with Crippen molar-refractivity contribution in [2.24, 2.45) is 0 Å². The number of rotatable bonds is 6. The molecule has 1 fully saturated rings. The molecule has 9 heteroatoms. The molecular weight excluding hydrogens is 530 g/mol. The Hall–Kier alpha value is -3.23. The highest BCUT2D eigenvalue weighted by molar-refractivity contribution is 6.31. The van der Waals surface area contributed by atoms with E-state index < -0.39 is 5.60 Å². The smallest absolute Gasteiger partial charge is 0.410 e. The van der Waals surface area contributed by atoms with Gasteiger partial charge in [-0.1, -0.05) is 23.7 Å². The fourth-order valence-electron chi connectivity index (χ4n) is 5.49. The second-order valence-corrected chi connectivity index (χ2v) is 12.1. The van der Waals surface area contributed by atoms with Gasteiger partial charge in [0.05, 0.1) is 5.52 Å². The van der Waals surface area contributed by atoms with Crippen molar-refractivity contribution >= 4 is 28.6 Å². The summed E-state index contributed by atoms with van der Waals surface area (Å²) < 4.78 is 19.0. The Morgan fingerprint density at radius 3 is 2.48 bits per heavy atom. The predicted octanol–water partition coefficient (Wildman–Crippen LogP) is 5.64. The van der Waals surface area contributed by atoms with Crippen LogP contribution in [0.1, 0.15) is 44.7 Å². The van der Waals surface area contributed by atoms with Crippen LogP contribution in [0, 0.1) is 6.92 Å². The molecule has 8 nitrogen and oxygen atoms in total. The van der Waals surface area contributed by atoms with Crippen LogP contribution in [0.5, 0.6) is 11.5 Å². The number of likely N-dealkylation sites (tertiary alicyclic amines) is 1. The van der Waals surface area contributed by atoms with Crippen LogP contribution in [0.2, 0.25) is 5.02 Å². The number of benzene rings is 2. The van der Waals surface area contributed by atoms with Crippen molar-refractivity contribution < 1.29 is 19.0 Å². The van der Waals surface area contributed by atoms with Gasteiger partial charge >= 0.3 is 6.09 Å². The number of aryl methyl sites for hydroxylation is 1. The maximum absolute atomic E-state index is 13.3. The average molecular weight is 568 g/mol. The quantitative estimate of drug-likeness (QED) is 0.384. The Balaban J connectivity index is 1.26. The molecule has 0 atom stereocenters. The first-order valence-electron chi connectivity index (χ1n) is 14.0. The van der Waals surface area contributed by atoms with Crippen molar-refractivity contribution in [2.75, 3.05) is 32.8 Å². The molecule has 2 aromatic carbocycles. The lowest BCUT2D eigenvalue weighted by molar-refractivity contribution is 0.00562. The summed E-state index contributed by atoms with van der Waals surface area (Å²) in [5.41, 5.74) is 2.19. The fraction of sp³-hybridized carbons (Fsp3) is 0.484. The minimum absolute atomic E-state index is 0.0160. The number of carbonyl (C=O) groups excluding carboxylic acids is 1. The van der Waals surface area contributed by atoms with E-state index in [-0.39, 0.29) is 17.7 Å². The van der Waals surface area contributed by atoms with Crippen LogP contribution >= 0.6 is 11.6 Å². The number of hydrogen-bond acceptors (Lipinski definition) is 6. The maximum Gasteiger partial charge on any atom is 0.410 e. The van der Waals surface area contributed by atoms with Gasteiger partial charge in [-0.2, -0.15) is 0 Å². The molecule has 1 aromatic heterocycles. The summed E-state index contributed by atoms with van der Waals surface area (Å²) in [6.07, 6.45) is 1.33. The zero-order valence-electron chi connectivity index (χ0n) is 23.7. The van der Waals surface area contributed by atoms with E-state index >= 15 is 0 Å². The molecule has 2 aliphatic heterocycles. The number of pyridine rings is 1. The van der Waals surface area contributed by atoms with Crippen LogP contribution in [-0.4, -0.2) is 65.0 Å². The zero-order chi connectivity index (χ0) is 28.4. The third kappa shape index (κ3) is 6.56. The Bertz CT molecular complexity index is 1440. The Morgan fingerprint density at radius 1 is 1.02 bits per heavy atom. The lowest BCUT2D eigenvalue weighted by Crippen LogP contribution is -2.49. The molecule has 0 saturated carbocycles. The molecule has 0 bridgehead atoms. The maximum atomic E-state index is 13.3. The van der Waals surface area contributed by atoms with E-state index in [9.17, 15) is 9.59 Å². The van der Waals surface area contributed by atoms with Gasteiger partial charge in [0.1, 0.15) is 18.8 Å². The molecule has 0 unspecified atom stereocenters. The minimum atomic E-state index is -0.587. The first-order valence-corrected chi connectivity index (χ1v) is 14.4. The predicted molar refractivity (Wildman–Crippen MR) is 157 cm³/mol. The number of nitrogens with zero attached hydrogens (tertiary/aromatic N) is 3. The monoisotopic (exact) mass is 567 g/mol. The number of fused-ring (bicyclic) bond motifs is 2. The molecule has 5 rings (SSSR count). The lowest BCUT2D eigenvalue weighted by atomic mass is 10.0. The number of ether oxygens (including phenoxy) is 3. The minimum Gasteiger partial charge on any atom is -0.486 e. The summed E-state index contributed by atoms with van der Waals surface area (Å²) >= 11 is 6.27. The molecule has 0 spiro atoms. The van der Waals surface area contributed by atoms with Crippen LogP contribution < -0.4 is 15.0 Å². The second-order valence-electron chi connectivity index (χ2n) is 11.6. The van der Waals surface area contributed by atoms with Crippen LogP contribution in [0.3, 0.4) is 0 Å². The SMILES string of the molecule is Cc1cc(=O)n(CCN2CCC(N(Cc3ccc4c(c3)OCCO4)C(=O)OC(C)(C)C)CC2)c2cc(Cl)ccc12. The third-order valence-corrected chi connectivity index (χ3v) is 7.74. The van der Waals surface area contributed by atoms with Gasteiger partial charge in [0.2, 0.25) is 0 Å². The molecule has 40 heavy (non-hydrogen) atoms. The van der Waals surface area contributed by atoms with Gasteiger partial charge in [0.15, 0.2) is 11.5 Å². The van der Waals surface area contributed by atoms with Gasteiger partial charge in [-0.25, -0.2) is 4.79 Å². The van der Waals surface area contributed by atoms with Crippen molar-refractivity contribution in [3.05, 3.63) is 69.0 Å². The standard InChI is InChI=1S/C31H38ClN3O5/c1-21-17-29(36)34(26-19-23(32)6-7-25(21)26)14-13-33-11-9-24(10-12-33)35(30(37)40-31(2,3)4)20-22-5-8-27-28(18-22)39-16-15-38-27/h5-8,17-19,24H,9-16,20H2,1-4H3. The van der Waals surface area contributed by atoms with Gasteiger partial charge < -0.3 is 28.6 Å².